The lowest BCUT2D eigenvalue weighted by Gasteiger charge is -2.10. The molecule has 0 radical (unpaired) electrons. The van der Waals surface area contributed by atoms with Gasteiger partial charge >= 0.3 is 0 Å². The summed E-state index contributed by atoms with van der Waals surface area (Å²) in [7, 11) is 0. The third-order valence-electron chi connectivity index (χ3n) is 2.79. The molecule has 1 aromatic heterocycles. The number of hydrogen-bond donors (Lipinski definition) is 1. The van der Waals surface area contributed by atoms with Gasteiger partial charge in [0.05, 0.1) is 6.61 Å². The van der Waals surface area contributed by atoms with Gasteiger partial charge in [-0.3, -0.25) is 0 Å². The zero-order chi connectivity index (χ0) is 15.1. The number of hydrogen-bond acceptors (Lipinski definition) is 5. The topological polar surface area (TPSA) is 56.3 Å². The van der Waals surface area contributed by atoms with Crippen LogP contribution in [0.4, 0.5) is 5.95 Å². The SMILES string of the molecule is CCCNc1ncc(C)c(Oc2cccc(OCC)c2)n1. The smallest absolute Gasteiger partial charge is 0.226 e. The van der Waals surface area contributed by atoms with Crippen molar-refractivity contribution in [2.24, 2.45) is 0 Å². The maximum absolute atomic E-state index is 5.85. The molecule has 1 heterocycles. The van der Waals surface area contributed by atoms with E-state index < -0.39 is 0 Å². The molecule has 5 nitrogen and oxygen atoms in total. The standard InChI is InChI=1S/C16H21N3O2/c1-4-9-17-16-18-11-12(3)15(19-16)21-14-8-6-7-13(10-14)20-5-2/h6-8,10-11H,4-5,9H2,1-3H3,(H,17,18,19). The first-order chi connectivity index (χ1) is 10.2. The van der Waals surface area contributed by atoms with Gasteiger partial charge in [-0.15, -0.1) is 0 Å². The Balaban J connectivity index is 2.16. The predicted molar refractivity (Wildman–Crippen MR) is 83.2 cm³/mol. The number of aromatic nitrogens is 2. The van der Waals surface area contributed by atoms with Crippen molar-refractivity contribution in [3.63, 3.8) is 0 Å². The van der Waals surface area contributed by atoms with E-state index in [-0.39, 0.29) is 0 Å². The molecule has 0 aliphatic heterocycles. The number of benzene rings is 1. The molecule has 0 aliphatic rings. The van der Waals surface area contributed by atoms with Crippen molar-refractivity contribution in [2.45, 2.75) is 27.2 Å². The molecule has 0 atom stereocenters. The molecule has 1 aromatic carbocycles. The Bertz CT molecular complexity index is 587. The first kappa shape index (κ1) is 15.1. The van der Waals surface area contributed by atoms with Crippen LogP contribution in [-0.4, -0.2) is 23.1 Å². The average Bonchev–Trinajstić information content (AvgIpc) is 2.49. The van der Waals surface area contributed by atoms with E-state index in [4.69, 9.17) is 9.47 Å². The van der Waals surface area contributed by atoms with Crippen molar-refractivity contribution in [3.8, 4) is 17.4 Å². The van der Waals surface area contributed by atoms with Gasteiger partial charge in [-0.1, -0.05) is 13.0 Å². The molecule has 5 heteroatoms. The number of nitrogens with one attached hydrogen (secondary N) is 1. The Morgan fingerprint density at radius 2 is 2.00 bits per heavy atom. The first-order valence-corrected chi connectivity index (χ1v) is 7.21. The highest BCUT2D eigenvalue weighted by Gasteiger charge is 2.07. The van der Waals surface area contributed by atoms with Crippen LogP contribution in [0.2, 0.25) is 0 Å². The van der Waals surface area contributed by atoms with E-state index in [1.54, 1.807) is 6.20 Å². The minimum atomic E-state index is 0.553. The summed E-state index contributed by atoms with van der Waals surface area (Å²) in [6.45, 7) is 7.43. The zero-order valence-electron chi connectivity index (χ0n) is 12.7. The summed E-state index contributed by atoms with van der Waals surface area (Å²) >= 11 is 0. The van der Waals surface area contributed by atoms with Crippen LogP contribution in [0.5, 0.6) is 17.4 Å². The Kier molecular flexibility index (Phi) is 5.37. The highest BCUT2D eigenvalue weighted by molar-refractivity contribution is 5.38. The van der Waals surface area contributed by atoms with Crippen LogP contribution in [-0.2, 0) is 0 Å². The lowest BCUT2D eigenvalue weighted by molar-refractivity contribution is 0.338. The van der Waals surface area contributed by atoms with Gasteiger partial charge in [-0.2, -0.15) is 4.98 Å². The first-order valence-electron chi connectivity index (χ1n) is 7.21. The molecule has 0 fully saturated rings. The summed E-state index contributed by atoms with van der Waals surface area (Å²) in [5.74, 6) is 2.62. The second-order valence-electron chi connectivity index (χ2n) is 4.62. The fraction of sp³-hybridized carbons (Fsp3) is 0.375. The minimum Gasteiger partial charge on any atom is -0.494 e. The lowest BCUT2D eigenvalue weighted by Crippen LogP contribution is -2.05. The van der Waals surface area contributed by atoms with Gasteiger partial charge in [0, 0.05) is 24.4 Å². The van der Waals surface area contributed by atoms with Crippen LogP contribution in [0, 0.1) is 6.92 Å². The number of nitrogens with zero attached hydrogens (tertiary/aromatic N) is 2. The van der Waals surface area contributed by atoms with E-state index >= 15 is 0 Å². The van der Waals surface area contributed by atoms with Crippen LogP contribution < -0.4 is 14.8 Å². The average molecular weight is 287 g/mol. The van der Waals surface area contributed by atoms with Crippen molar-refractivity contribution in [1.82, 2.24) is 9.97 Å². The Morgan fingerprint density at radius 1 is 1.19 bits per heavy atom. The zero-order valence-corrected chi connectivity index (χ0v) is 12.7. The van der Waals surface area contributed by atoms with Gasteiger partial charge in [-0.05, 0) is 32.4 Å². The molecule has 0 saturated heterocycles. The van der Waals surface area contributed by atoms with Crippen LogP contribution in [0.15, 0.2) is 30.5 Å². The molecule has 0 spiro atoms. The monoisotopic (exact) mass is 287 g/mol. The molecule has 1 N–H and O–H groups in total. The maximum atomic E-state index is 5.85. The van der Waals surface area contributed by atoms with Crippen molar-refractivity contribution >= 4 is 5.95 Å². The van der Waals surface area contributed by atoms with E-state index in [1.165, 1.54) is 0 Å². The molecule has 0 bridgehead atoms. The lowest BCUT2D eigenvalue weighted by atomic mass is 10.3. The van der Waals surface area contributed by atoms with Gasteiger partial charge in [0.25, 0.3) is 0 Å². The molecule has 0 amide bonds. The summed E-state index contributed by atoms with van der Waals surface area (Å²) in [4.78, 5) is 8.63. The molecule has 2 rings (SSSR count). The largest absolute Gasteiger partial charge is 0.494 e. The van der Waals surface area contributed by atoms with Crippen molar-refractivity contribution < 1.29 is 9.47 Å². The van der Waals surface area contributed by atoms with Crippen LogP contribution in [0.1, 0.15) is 25.8 Å². The fourth-order valence-electron chi connectivity index (χ4n) is 1.76. The van der Waals surface area contributed by atoms with Gasteiger partial charge < -0.3 is 14.8 Å². The molecule has 0 unspecified atom stereocenters. The number of anilines is 1. The van der Waals surface area contributed by atoms with Crippen molar-refractivity contribution in [2.75, 3.05) is 18.5 Å². The molecular weight excluding hydrogens is 266 g/mol. The summed E-state index contributed by atoms with van der Waals surface area (Å²) in [5, 5.41) is 3.15. The number of ether oxygens (including phenoxy) is 2. The maximum Gasteiger partial charge on any atom is 0.226 e. The van der Waals surface area contributed by atoms with Gasteiger partial charge in [0.1, 0.15) is 11.5 Å². The quantitative estimate of drug-likeness (QED) is 0.839. The Morgan fingerprint density at radius 3 is 2.76 bits per heavy atom. The van der Waals surface area contributed by atoms with E-state index in [0.29, 0.717) is 24.2 Å². The summed E-state index contributed by atoms with van der Waals surface area (Å²) < 4.78 is 11.3. The summed E-state index contributed by atoms with van der Waals surface area (Å²) in [5.41, 5.74) is 0.888. The van der Waals surface area contributed by atoms with Crippen LogP contribution >= 0.6 is 0 Å². The second kappa shape index (κ2) is 7.47. The Labute approximate surface area is 125 Å². The minimum absolute atomic E-state index is 0.553. The highest BCUT2D eigenvalue weighted by atomic mass is 16.5. The van der Waals surface area contributed by atoms with Gasteiger partial charge in [0.15, 0.2) is 0 Å². The van der Waals surface area contributed by atoms with E-state index in [2.05, 4.69) is 22.2 Å². The third-order valence-corrected chi connectivity index (χ3v) is 2.79. The second-order valence-corrected chi connectivity index (χ2v) is 4.62. The molecule has 0 aliphatic carbocycles. The van der Waals surface area contributed by atoms with Gasteiger partial charge in [0.2, 0.25) is 11.8 Å². The molecule has 0 saturated carbocycles. The molecule has 112 valence electrons. The number of rotatable bonds is 7. The van der Waals surface area contributed by atoms with Crippen molar-refractivity contribution in [3.05, 3.63) is 36.0 Å². The van der Waals surface area contributed by atoms with E-state index in [1.807, 2.05) is 38.1 Å². The molecular formula is C16H21N3O2. The molecule has 21 heavy (non-hydrogen) atoms. The van der Waals surface area contributed by atoms with Crippen molar-refractivity contribution in [1.29, 1.82) is 0 Å². The molecule has 2 aromatic rings. The van der Waals surface area contributed by atoms with E-state index in [0.717, 1.165) is 24.3 Å². The van der Waals surface area contributed by atoms with Crippen LogP contribution in [0.25, 0.3) is 0 Å². The Hall–Kier alpha value is -2.30. The van der Waals surface area contributed by atoms with Crippen LogP contribution in [0.3, 0.4) is 0 Å². The predicted octanol–water partition coefficient (Wildman–Crippen LogP) is 3.80. The summed E-state index contributed by atoms with van der Waals surface area (Å²) in [6.07, 6.45) is 2.77. The highest BCUT2D eigenvalue weighted by Crippen LogP contribution is 2.26. The third kappa shape index (κ3) is 4.34. The fourth-order valence-corrected chi connectivity index (χ4v) is 1.76. The normalized spacial score (nSPS) is 10.2. The van der Waals surface area contributed by atoms with Gasteiger partial charge in [-0.25, -0.2) is 4.98 Å². The van der Waals surface area contributed by atoms with E-state index in [9.17, 15) is 0 Å². The number of aryl methyl sites for hydroxylation is 1. The summed E-state index contributed by atoms with van der Waals surface area (Å²) in [6, 6.07) is 7.53.